The van der Waals surface area contributed by atoms with Gasteiger partial charge in [-0.15, -0.1) is 0 Å². The third kappa shape index (κ3) is 3.07. The van der Waals surface area contributed by atoms with E-state index in [1.165, 1.54) is 16.4 Å². The van der Waals surface area contributed by atoms with Gasteiger partial charge in [0.25, 0.3) is 0 Å². The summed E-state index contributed by atoms with van der Waals surface area (Å²) in [5.74, 6) is -0.783. The smallest absolute Gasteiger partial charge is 0.218 e. The molecule has 0 spiro atoms. The topological polar surface area (TPSA) is 63.4 Å². The van der Waals surface area contributed by atoms with Crippen LogP contribution in [0.15, 0.2) is 24.3 Å². The molecule has 2 rings (SSSR count). The molecule has 2 N–H and O–H groups in total. The maximum atomic E-state index is 13.5. The van der Waals surface area contributed by atoms with Gasteiger partial charge in [-0.05, 0) is 18.9 Å². The lowest BCUT2D eigenvalue weighted by Gasteiger charge is -2.29. The van der Waals surface area contributed by atoms with Crippen LogP contribution < -0.4 is 5.73 Å². The van der Waals surface area contributed by atoms with Crippen LogP contribution in [-0.4, -0.2) is 31.9 Å². The minimum atomic E-state index is -3.48. The van der Waals surface area contributed by atoms with Gasteiger partial charge in [0.05, 0.1) is 5.75 Å². The minimum absolute atomic E-state index is 0.117. The van der Waals surface area contributed by atoms with Crippen LogP contribution in [0.5, 0.6) is 0 Å². The number of hydrogen-bond acceptors (Lipinski definition) is 3. The van der Waals surface area contributed by atoms with Gasteiger partial charge in [-0.25, -0.2) is 17.1 Å². The fourth-order valence-corrected chi connectivity index (χ4v) is 3.77. The lowest BCUT2D eigenvalue weighted by molar-refractivity contribution is 0.315. The highest BCUT2D eigenvalue weighted by atomic mass is 32.2. The van der Waals surface area contributed by atoms with Gasteiger partial charge in [0.2, 0.25) is 10.0 Å². The van der Waals surface area contributed by atoms with E-state index in [4.69, 9.17) is 5.73 Å². The summed E-state index contributed by atoms with van der Waals surface area (Å²) in [4.78, 5) is 0. The third-order valence-electron chi connectivity index (χ3n) is 3.11. The maximum Gasteiger partial charge on any atom is 0.218 e. The normalized spacial score (nSPS) is 22.0. The molecule has 1 fully saturated rings. The van der Waals surface area contributed by atoms with E-state index in [1.807, 2.05) is 0 Å². The van der Waals surface area contributed by atoms with Crippen LogP contribution >= 0.6 is 0 Å². The third-order valence-corrected chi connectivity index (χ3v) is 4.90. The number of nitrogens with two attached hydrogens (primary N) is 1. The molecule has 1 aliphatic heterocycles. The monoisotopic (exact) mass is 272 g/mol. The fraction of sp³-hybridized carbons (Fsp3) is 0.500. The van der Waals surface area contributed by atoms with E-state index in [0.717, 1.165) is 12.8 Å². The number of rotatable bonds is 3. The van der Waals surface area contributed by atoms with Gasteiger partial charge in [-0.3, -0.25) is 0 Å². The Morgan fingerprint density at radius 1 is 1.39 bits per heavy atom. The molecule has 4 nitrogen and oxygen atoms in total. The zero-order valence-corrected chi connectivity index (χ0v) is 10.9. The fourth-order valence-electron chi connectivity index (χ4n) is 2.13. The largest absolute Gasteiger partial charge is 0.327 e. The van der Waals surface area contributed by atoms with Crippen LogP contribution in [0.4, 0.5) is 4.39 Å². The molecule has 18 heavy (non-hydrogen) atoms. The molecule has 0 aliphatic carbocycles. The lowest BCUT2D eigenvalue weighted by Crippen LogP contribution is -2.46. The summed E-state index contributed by atoms with van der Waals surface area (Å²) < 4.78 is 39.1. The first kappa shape index (κ1) is 13.5. The molecule has 0 amide bonds. The Balaban J connectivity index is 2.14. The van der Waals surface area contributed by atoms with Gasteiger partial charge in [-0.1, -0.05) is 18.2 Å². The van der Waals surface area contributed by atoms with Gasteiger partial charge in [-0.2, -0.15) is 0 Å². The van der Waals surface area contributed by atoms with Gasteiger partial charge < -0.3 is 5.73 Å². The standard InChI is InChI=1S/C12H17FN2O2S/c13-12-6-2-1-4-10(12)9-18(16,17)15-7-3-5-11(14)8-15/h1-2,4,6,11H,3,5,7-9,14H2. The second-order valence-electron chi connectivity index (χ2n) is 4.61. The Hall–Kier alpha value is -0.980. The van der Waals surface area contributed by atoms with E-state index >= 15 is 0 Å². The summed E-state index contributed by atoms with van der Waals surface area (Å²) in [6.07, 6.45) is 1.60. The number of halogens is 1. The molecule has 1 atom stereocenters. The van der Waals surface area contributed by atoms with Crippen molar-refractivity contribution >= 4 is 10.0 Å². The van der Waals surface area contributed by atoms with Crippen molar-refractivity contribution in [1.82, 2.24) is 4.31 Å². The summed E-state index contributed by atoms with van der Waals surface area (Å²) in [6, 6.07) is 5.83. The van der Waals surface area contributed by atoms with Crippen molar-refractivity contribution in [1.29, 1.82) is 0 Å². The summed E-state index contributed by atoms with van der Waals surface area (Å²) in [7, 11) is -3.48. The van der Waals surface area contributed by atoms with Gasteiger partial charge in [0.15, 0.2) is 0 Å². The van der Waals surface area contributed by atoms with Crippen molar-refractivity contribution < 1.29 is 12.8 Å². The zero-order chi connectivity index (χ0) is 13.2. The molecule has 0 bridgehead atoms. The van der Waals surface area contributed by atoms with Crippen LogP contribution in [0, 0.1) is 5.82 Å². The first-order valence-corrected chi connectivity index (χ1v) is 7.57. The molecule has 100 valence electrons. The molecule has 1 saturated heterocycles. The molecule has 6 heteroatoms. The Labute approximate surface area is 107 Å². The van der Waals surface area contributed by atoms with E-state index in [1.54, 1.807) is 12.1 Å². The Morgan fingerprint density at radius 3 is 2.78 bits per heavy atom. The predicted octanol–water partition coefficient (Wildman–Crippen LogP) is 1.08. The zero-order valence-electron chi connectivity index (χ0n) is 10.0. The number of nitrogens with zero attached hydrogens (tertiary/aromatic N) is 1. The summed E-state index contributed by atoms with van der Waals surface area (Å²) in [5.41, 5.74) is 5.97. The van der Waals surface area contributed by atoms with Crippen LogP contribution in [0.1, 0.15) is 18.4 Å². The summed E-state index contributed by atoms with van der Waals surface area (Å²) >= 11 is 0. The minimum Gasteiger partial charge on any atom is -0.327 e. The van der Waals surface area contributed by atoms with E-state index < -0.39 is 15.8 Å². The molecule has 1 unspecified atom stereocenters. The van der Waals surface area contributed by atoms with Crippen molar-refractivity contribution in [3.8, 4) is 0 Å². The number of piperidine rings is 1. The summed E-state index contributed by atoms with van der Waals surface area (Å²) in [6.45, 7) is 0.807. The molecule has 1 heterocycles. The van der Waals surface area contributed by atoms with Crippen LogP contribution in [0.3, 0.4) is 0 Å². The molecule has 1 aromatic carbocycles. The van der Waals surface area contributed by atoms with Gasteiger partial charge in [0.1, 0.15) is 5.82 Å². The Morgan fingerprint density at radius 2 is 2.11 bits per heavy atom. The molecule has 1 aliphatic rings. The van der Waals surface area contributed by atoms with E-state index in [-0.39, 0.29) is 17.4 Å². The molecule has 0 aromatic heterocycles. The van der Waals surface area contributed by atoms with Gasteiger partial charge in [0, 0.05) is 24.7 Å². The predicted molar refractivity (Wildman–Crippen MR) is 67.8 cm³/mol. The second kappa shape index (κ2) is 5.34. The molecular formula is C12H17FN2O2S. The van der Waals surface area contributed by atoms with Crippen LogP contribution in [0.2, 0.25) is 0 Å². The van der Waals surface area contributed by atoms with Crippen molar-refractivity contribution in [3.63, 3.8) is 0 Å². The SMILES string of the molecule is NC1CCCN(S(=O)(=O)Cc2ccccc2F)C1. The van der Waals surface area contributed by atoms with Gasteiger partial charge >= 0.3 is 0 Å². The van der Waals surface area contributed by atoms with E-state index in [9.17, 15) is 12.8 Å². The van der Waals surface area contributed by atoms with Crippen LogP contribution in [-0.2, 0) is 15.8 Å². The van der Waals surface area contributed by atoms with Crippen molar-refractivity contribution in [3.05, 3.63) is 35.6 Å². The first-order valence-electron chi connectivity index (χ1n) is 5.96. The maximum absolute atomic E-state index is 13.5. The first-order chi connectivity index (χ1) is 8.49. The average Bonchev–Trinajstić information content (AvgIpc) is 2.32. The summed E-state index contributed by atoms with van der Waals surface area (Å²) in [5, 5.41) is 0. The van der Waals surface area contributed by atoms with Crippen molar-refractivity contribution in [2.24, 2.45) is 5.73 Å². The Bertz CT molecular complexity index is 519. The second-order valence-corrected chi connectivity index (χ2v) is 6.58. The highest BCUT2D eigenvalue weighted by molar-refractivity contribution is 7.88. The molecule has 0 saturated carbocycles. The molecule has 0 radical (unpaired) electrons. The quantitative estimate of drug-likeness (QED) is 0.895. The number of hydrogen-bond donors (Lipinski definition) is 1. The average molecular weight is 272 g/mol. The number of sulfonamides is 1. The van der Waals surface area contributed by atoms with Crippen molar-refractivity contribution in [2.45, 2.75) is 24.6 Å². The molecular weight excluding hydrogens is 255 g/mol. The van der Waals surface area contributed by atoms with Crippen LogP contribution in [0.25, 0.3) is 0 Å². The van der Waals surface area contributed by atoms with E-state index in [2.05, 4.69) is 0 Å². The highest BCUT2D eigenvalue weighted by Gasteiger charge is 2.28. The lowest BCUT2D eigenvalue weighted by atomic mass is 10.1. The number of benzene rings is 1. The molecule has 1 aromatic rings. The Kier molecular flexibility index (Phi) is 3.99. The highest BCUT2D eigenvalue weighted by Crippen LogP contribution is 2.18. The van der Waals surface area contributed by atoms with Crippen molar-refractivity contribution in [2.75, 3.05) is 13.1 Å². The van der Waals surface area contributed by atoms with E-state index in [0.29, 0.717) is 13.1 Å².